The highest BCUT2D eigenvalue weighted by molar-refractivity contribution is 7.79. The summed E-state index contributed by atoms with van der Waals surface area (Å²) >= 11 is 9.09. The molecule has 0 heterocycles. The molecular weight excluding hydrogens is 396 g/mol. The van der Waals surface area contributed by atoms with Gasteiger partial charge in [0.2, 0.25) is 0 Å². The summed E-state index contributed by atoms with van der Waals surface area (Å²) in [5.74, 6) is 3.09. The monoisotopic (exact) mass is 420 g/mol. The quantitative estimate of drug-likeness (QED) is 0.349. The highest BCUT2D eigenvalue weighted by Gasteiger charge is 2.16. The zero-order valence-corrected chi connectivity index (χ0v) is 18.4. The van der Waals surface area contributed by atoms with E-state index in [1.807, 2.05) is 0 Å². The van der Waals surface area contributed by atoms with Crippen molar-refractivity contribution in [1.29, 1.82) is 0 Å². The van der Waals surface area contributed by atoms with Crippen LogP contribution in [0.15, 0.2) is 60.7 Å². The van der Waals surface area contributed by atoms with Gasteiger partial charge in [-0.2, -0.15) is 25.3 Å². The van der Waals surface area contributed by atoms with E-state index in [0.717, 1.165) is 39.8 Å². The molecule has 0 unspecified atom stereocenters. The van der Waals surface area contributed by atoms with Gasteiger partial charge in [0.05, 0.1) is 14.2 Å². The largest absolute Gasteiger partial charge is 0.496 e. The first-order valence-corrected chi connectivity index (χ1v) is 10.8. The third-order valence-electron chi connectivity index (χ3n) is 5.45. The smallest absolute Gasteiger partial charge is 0.130 e. The molecule has 4 aromatic rings. The number of fused-ring (bicyclic) bond motifs is 2. The van der Waals surface area contributed by atoms with Gasteiger partial charge in [0.1, 0.15) is 11.5 Å². The lowest BCUT2D eigenvalue weighted by Crippen LogP contribution is -2.00. The van der Waals surface area contributed by atoms with E-state index in [-0.39, 0.29) is 0 Å². The third-order valence-corrected chi connectivity index (χ3v) is 6.13. The van der Waals surface area contributed by atoms with Crippen molar-refractivity contribution in [2.75, 3.05) is 14.2 Å². The average Bonchev–Trinajstić information content (AvgIpc) is 2.78. The highest BCUT2D eigenvalue weighted by atomic mass is 32.1. The highest BCUT2D eigenvalue weighted by Crippen LogP contribution is 2.38. The second-order valence-electron chi connectivity index (χ2n) is 7.04. The van der Waals surface area contributed by atoms with Crippen LogP contribution in [0.2, 0.25) is 0 Å². The predicted octanol–water partition coefficient (Wildman–Crippen LogP) is 6.46. The van der Waals surface area contributed by atoms with E-state index in [1.165, 1.54) is 21.9 Å². The SMILES string of the molecule is COc1c(CS)cc(Cc2cc(CS)c(OC)c3ccccc23)c2ccccc12. The number of methoxy groups -OCH3 is 2. The first-order chi connectivity index (χ1) is 14.2. The Balaban J connectivity index is 1.96. The summed E-state index contributed by atoms with van der Waals surface area (Å²) in [6.07, 6.45) is 0.816. The van der Waals surface area contributed by atoms with Crippen LogP contribution in [0.4, 0.5) is 0 Å². The number of hydrogen-bond acceptors (Lipinski definition) is 4. The molecule has 0 amide bonds. The molecule has 0 aromatic heterocycles. The van der Waals surface area contributed by atoms with Gasteiger partial charge >= 0.3 is 0 Å². The van der Waals surface area contributed by atoms with Crippen molar-refractivity contribution in [1.82, 2.24) is 0 Å². The molecule has 148 valence electrons. The Kier molecular flexibility index (Phi) is 5.93. The molecule has 0 spiro atoms. The van der Waals surface area contributed by atoms with Gasteiger partial charge in [0.25, 0.3) is 0 Å². The third kappa shape index (κ3) is 3.56. The summed E-state index contributed by atoms with van der Waals surface area (Å²) in [5, 5.41) is 4.68. The summed E-state index contributed by atoms with van der Waals surface area (Å²) in [7, 11) is 3.45. The Hall–Kier alpha value is -2.30. The van der Waals surface area contributed by atoms with E-state index in [4.69, 9.17) is 9.47 Å². The Bertz CT molecular complexity index is 1090. The molecule has 0 aliphatic rings. The van der Waals surface area contributed by atoms with Crippen molar-refractivity contribution in [3.05, 3.63) is 82.9 Å². The molecule has 0 aliphatic carbocycles. The summed E-state index contributed by atoms with van der Waals surface area (Å²) in [4.78, 5) is 0. The van der Waals surface area contributed by atoms with Gasteiger partial charge in [0.15, 0.2) is 0 Å². The normalized spacial score (nSPS) is 11.2. The zero-order valence-electron chi connectivity index (χ0n) is 16.6. The molecule has 4 aromatic carbocycles. The van der Waals surface area contributed by atoms with E-state index in [9.17, 15) is 0 Å². The van der Waals surface area contributed by atoms with Gasteiger partial charge in [-0.25, -0.2) is 0 Å². The molecule has 0 aliphatic heterocycles. The second-order valence-corrected chi connectivity index (χ2v) is 7.67. The number of benzene rings is 4. The Labute approximate surface area is 182 Å². The van der Waals surface area contributed by atoms with E-state index >= 15 is 0 Å². The van der Waals surface area contributed by atoms with Crippen LogP contribution < -0.4 is 9.47 Å². The summed E-state index contributed by atoms with van der Waals surface area (Å²) in [6, 6.07) is 21.3. The van der Waals surface area contributed by atoms with Gasteiger partial charge < -0.3 is 9.47 Å². The first kappa shape index (κ1) is 20.0. The molecule has 29 heavy (non-hydrogen) atoms. The van der Waals surface area contributed by atoms with Crippen LogP contribution in [0.5, 0.6) is 11.5 Å². The Morgan fingerprint density at radius 2 is 0.966 bits per heavy atom. The number of rotatable bonds is 6. The molecule has 4 rings (SSSR count). The van der Waals surface area contributed by atoms with Gasteiger partial charge in [-0.05, 0) is 28.3 Å². The van der Waals surface area contributed by atoms with Crippen LogP contribution in [0.25, 0.3) is 21.5 Å². The molecular formula is C25H24O2S2. The second kappa shape index (κ2) is 8.60. The minimum Gasteiger partial charge on any atom is -0.496 e. The predicted molar refractivity (Wildman–Crippen MR) is 129 cm³/mol. The van der Waals surface area contributed by atoms with Crippen molar-refractivity contribution in [3.8, 4) is 11.5 Å². The summed E-state index contributed by atoms with van der Waals surface area (Å²) < 4.78 is 11.4. The van der Waals surface area contributed by atoms with Crippen molar-refractivity contribution in [2.45, 2.75) is 17.9 Å². The Morgan fingerprint density at radius 3 is 1.31 bits per heavy atom. The van der Waals surface area contributed by atoms with Gasteiger partial charge in [0, 0.05) is 33.4 Å². The molecule has 0 bridgehead atoms. The fourth-order valence-electron chi connectivity index (χ4n) is 4.19. The zero-order chi connectivity index (χ0) is 20.4. The molecule has 0 N–H and O–H groups in total. The van der Waals surface area contributed by atoms with Crippen molar-refractivity contribution < 1.29 is 9.47 Å². The lowest BCUT2D eigenvalue weighted by atomic mass is 9.91. The minimum absolute atomic E-state index is 0.631. The number of ether oxygens (including phenoxy) is 2. The van der Waals surface area contributed by atoms with Gasteiger partial charge in [-0.1, -0.05) is 60.7 Å². The Morgan fingerprint density at radius 1 is 0.586 bits per heavy atom. The maximum absolute atomic E-state index is 5.72. The van der Waals surface area contributed by atoms with Crippen molar-refractivity contribution >= 4 is 46.8 Å². The van der Waals surface area contributed by atoms with Crippen LogP contribution in [0, 0.1) is 0 Å². The van der Waals surface area contributed by atoms with E-state index in [1.54, 1.807) is 14.2 Å². The van der Waals surface area contributed by atoms with Gasteiger partial charge in [-0.3, -0.25) is 0 Å². The first-order valence-electron chi connectivity index (χ1n) is 9.58. The van der Waals surface area contributed by atoms with E-state index in [0.29, 0.717) is 11.5 Å². The van der Waals surface area contributed by atoms with Crippen molar-refractivity contribution in [3.63, 3.8) is 0 Å². The average molecular weight is 421 g/mol. The minimum atomic E-state index is 0.631. The van der Waals surface area contributed by atoms with Crippen LogP contribution in [0.3, 0.4) is 0 Å². The summed E-state index contributed by atoms with van der Waals surface area (Å²) in [6.45, 7) is 0. The molecule has 2 nitrogen and oxygen atoms in total. The van der Waals surface area contributed by atoms with E-state index in [2.05, 4.69) is 85.9 Å². The molecule has 0 fully saturated rings. The van der Waals surface area contributed by atoms with Crippen molar-refractivity contribution in [2.24, 2.45) is 0 Å². The molecule has 4 heteroatoms. The maximum Gasteiger partial charge on any atom is 0.130 e. The van der Waals surface area contributed by atoms with Crippen LogP contribution >= 0.6 is 25.3 Å². The van der Waals surface area contributed by atoms with Crippen LogP contribution in [-0.4, -0.2) is 14.2 Å². The summed E-state index contributed by atoms with van der Waals surface area (Å²) in [5.41, 5.74) is 4.75. The standard InChI is InChI=1S/C25H24O2S2/c1-26-24-18(14-28)12-16(20-7-3-5-9-22(20)24)11-17-13-19(15-29)25(27-2)23-10-6-4-8-21(17)23/h3-10,12-13,28-29H,11,14-15H2,1-2H3. The van der Waals surface area contributed by atoms with Gasteiger partial charge in [-0.15, -0.1) is 0 Å². The number of thiol groups is 2. The fraction of sp³-hybridized carbons (Fsp3) is 0.200. The molecule has 0 saturated carbocycles. The van der Waals surface area contributed by atoms with Crippen LogP contribution in [0.1, 0.15) is 22.3 Å². The molecule has 0 radical (unpaired) electrons. The molecule has 0 saturated heterocycles. The van der Waals surface area contributed by atoms with Crippen LogP contribution in [-0.2, 0) is 17.9 Å². The topological polar surface area (TPSA) is 18.5 Å². The molecule has 0 atom stereocenters. The lowest BCUT2D eigenvalue weighted by molar-refractivity contribution is 0.416. The maximum atomic E-state index is 5.72. The van der Waals surface area contributed by atoms with E-state index < -0.39 is 0 Å². The fourth-order valence-corrected chi connectivity index (χ4v) is 4.66. The number of hydrogen-bond donors (Lipinski definition) is 2. The lowest BCUT2D eigenvalue weighted by Gasteiger charge is -2.18.